The van der Waals surface area contributed by atoms with Gasteiger partial charge in [-0.25, -0.2) is 18.4 Å². The highest BCUT2D eigenvalue weighted by atomic mass is 35.5. The average Bonchev–Trinajstić information content (AvgIpc) is 3.13. The molecule has 2 aromatic carbocycles. The van der Waals surface area contributed by atoms with Gasteiger partial charge in [-0.15, -0.1) is 0 Å². The summed E-state index contributed by atoms with van der Waals surface area (Å²) in [6, 6.07) is 8.72. The second-order valence-corrected chi connectivity index (χ2v) is 8.08. The van der Waals surface area contributed by atoms with Crippen molar-refractivity contribution in [3.8, 4) is 11.5 Å². The second kappa shape index (κ2) is 8.27. The predicted molar refractivity (Wildman–Crippen MR) is 102 cm³/mol. The number of ether oxygens (including phenoxy) is 3. The molecule has 0 bridgehead atoms. The highest BCUT2D eigenvalue weighted by molar-refractivity contribution is 7.89. The van der Waals surface area contributed by atoms with E-state index in [1.54, 1.807) is 18.2 Å². The number of amides is 1. The molecule has 29 heavy (non-hydrogen) atoms. The SMILES string of the molecule is C[C@@H](OC(=O)c1ccc(Cl)c(S(N)(=O)=O)c1)C(=O)NCc1ccc2c(c1)OCO2. The molecule has 3 rings (SSSR count). The maximum absolute atomic E-state index is 12.2. The third-order valence-corrected chi connectivity index (χ3v) is 5.42. The molecule has 0 unspecified atom stereocenters. The number of hydrogen-bond acceptors (Lipinski definition) is 7. The van der Waals surface area contributed by atoms with Crippen LogP contribution in [0.25, 0.3) is 0 Å². The third-order valence-electron chi connectivity index (χ3n) is 4.03. The Morgan fingerprint density at radius 3 is 2.66 bits per heavy atom. The number of hydrogen-bond donors (Lipinski definition) is 2. The quantitative estimate of drug-likeness (QED) is 0.651. The third kappa shape index (κ3) is 4.97. The lowest BCUT2D eigenvalue weighted by Gasteiger charge is -2.14. The summed E-state index contributed by atoms with van der Waals surface area (Å²) in [5.41, 5.74) is 0.672. The van der Waals surface area contributed by atoms with Crippen LogP contribution in [0.2, 0.25) is 5.02 Å². The molecule has 154 valence electrons. The van der Waals surface area contributed by atoms with E-state index in [0.29, 0.717) is 11.5 Å². The monoisotopic (exact) mass is 440 g/mol. The van der Waals surface area contributed by atoms with Gasteiger partial charge in [0.05, 0.1) is 10.6 Å². The molecule has 0 radical (unpaired) electrons. The molecule has 1 amide bonds. The van der Waals surface area contributed by atoms with Gasteiger partial charge in [0, 0.05) is 6.54 Å². The number of sulfonamides is 1. The summed E-state index contributed by atoms with van der Waals surface area (Å²) in [4.78, 5) is 24.0. The highest BCUT2D eigenvalue weighted by Crippen LogP contribution is 2.32. The molecule has 9 nitrogen and oxygen atoms in total. The number of esters is 1. The molecule has 2 aromatic rings. The van der Waals surface area contributed by atoms with E-state index in [4.69, 9.17) is 31.0 Å². The van der Waals surface area contributed by atoms with E-state index in [2.05, 4.69) is 5.32 Å². The van der Waals surface area contributed by atoms with Gasteiger partial charge < -0.3 is 19.5 Å². The van der Waals surface area contributed by atoms with E-state index in [1.165, 1.54) is 19.1 Å². The lowest BCUT2D eigenvalue weighted by Crippen LogP contribution is -2.35. The van der Waals surface area contributed by atoms with E-state index in [0.717, 1.165) is 11.6 Å². The highest BCUT2D eigenvalue weighted by Gasteiger charge is 2.22. The van der Waals surface area contributed by atoms with Crippen molar-refractivity contribution in [2.45, 2.75) is 24.5 Å². The molecule has 3 N–H and O–H groups in total. The number of nitrogens with one attached hydrogen (secondary N) is 1. The Morgan fingerprint density at radius 2 is 1.93 bits per heavy atom. The van der Waals surface area contributed by atoms with Crippen LogP contribution >= 0.6 is 11.6 Å². The van der Waals surface area contributed by atoms with E-state index < -0.39 is 32.9 Å². The fourth-order valence-electron chi connectivity index (χ4n) is 2.51. The first-order chi connectivity index (χ1) is 13.6. The number of benzene rings is 2. The smallest absolute Gasteiger partial charge is 0.338 e. The number of nitrogens with two attached hydrogens (primary N) is 1. The molecule has 1 aliphatic rings. The normalized spacial score (nSPS) is 13.6. The first kappa shape index (κ1) is 20.9. The van der Waals surface area contributed by atoms with Crippen LogP contribution in [0.4, 0.5) is 0 Å². The zero-order valence-electron chi connectivity index (χ0n) is 15.2. The summed E-state index contributed by atoms with van der Waals surface area (Å²) in [6.45, 7) is 1.73. The summed E-state index contributed by atoms with van der Waals surface area (Å²) >= 11 is 5.78. The molecule has 11 heteroatoms. The number of rotatable bonds is 6. The fraction of sp³-hybridized carbons (Fsp3) is 0.222. The van der Waals surface area contributed by atoms with Crippen molar-refractivity contribution in [2.24, 2.45) is 5.14 Å². The van der Waals surface area contributed by atoms with Crippen LogP contribution < -0.4 is 19.9 Å². The van der Waals surface area contributed by atoms with Crippen molar-refractivity contribution in [3.63, 3.8) is 0 Å². The van der Waals surface area contributed by atoms with Gasteiger partial charge in [0.25, 0.3) is 5.91 Å². The Bertz CT molecular complexity index is 1070. The maximum atomic E-state index is 12.2. The minimum absolute atomic E-state index is 0.103. The largest absolute Gasteiger partial charge is 0.454 e. The van der Waals surface area contributed by atoms with E-state index >= 15 is 0 Å². The minimum atomic E-state index is -4.12. The van der Waals surface area contributed by atoms with Crippen molar-refractivity contribution >= 4 is 33.5 Å². The van der Waals surface area contributed by atoms with Gasteiger partial charge in [0.1, 0.15) is 4.90 Å². The Balaban J connectivity index is 1.60. The van der Waals surface area contributed by atoms with Gasteiger partial charge in [0.2, 0.25) is 16.8 Å². The van der Waals surface area contributed by atoms with Crippen molar-refractivity contribution in [1.82, 2.24) is 5.32 Å². The molecule has 0 aromatic heterocycles. The van der Waals surface area contributed by atoms with Gasteiger partial charge in [-0.05, 0) is 42.8 Å². The summed E-state index contributed by atoms with van der Waals surface area (Å²) in [5.74, 6) is -0.206. The van der Waals surface area contributed by atoms with Gasteiger partial charge in [-0.1, -0.05) is 17.7 Å². The standard InChI is InChI=1S/C18H17ClN2O7S/c1-10(17(22)21-8-11-2-5-14-15(6-11)27-9-26-14)28-18(23)12-3-4-13(19)16(7-12)29(20,24)25/h2-7,10H,8-9H2,1H3,(H,21,22)(H2,20,24,25)/t10-/m1/s1. The van der Waals surface area contributed by atoms with Crippen LogP contribution in [0, 0.1) is 0 Å². The van der Waals surface area contributed by atoms with Crippen molar-refractivity contribution < 1.29 is 32.2 Å². The van der Waals surface area contributed by atoms with Crippen molar-refractivity contribution in [2.75, 3.05) is 6.79 Å². The van der Waals surface area contributed by atoms with Crippen LogP contribution in [0.5, 0.6) is 11.5 Å². The summed E-state index contributed by atoms with van der Waals surface area (Å²) < 4.78 is 38.6. The fourth-order valence-corrected chi connectivity index (χ4v) is 3.59. The van der Waals surface area contributed by atoms with Gasteiger partial charge in [-0.3, -0.25) is 4.79 Å². The van der Waals surface area contributed by atoms with Crippen LogP contribution in [-0.4, -0.2) is 33.2 Å². The lowest BCUT2D eigenvalue weighted by molar-refractivity contribution is -0.129. The predicted octanol–water partition coefficient (Wildman–Crippen LogP) is 1.58. The first-order valence-electron chi connectivity index (χ1n) is 8.35. The molecule has 0 fully saturated rings. The number of carbonyl (C=O) groups excluding carboxylic acids is 2. The second-order valence-electron chi connectivity index (χ2n) is 6.14. The van der Waals surface area contributed by atoms with Gasteiger partial charge in [0.15, 0.2) is 17.6 Å². The lowest BCUT2D eigenvalue weighted by atomic mass is 10.2. The van der Waals surface area contributed by atoms with Crippen LogP contribution in [0.3, 0.4) is 0 Å². The van der Waals surface area contributed by atoms with E-state index in [9.17, 15) is 18.0 Å². The number of carbonyl (C=O) groups is 2. The first-order valence-corrected chi connectivity index (χ1v) is 10.3. The van der Waals surface area contributed by atoms with Gasteiger partial charge in [-0.2, -0.15) is 0 Å². The summed E-state index contributed by atoms with van der Waals surface area (Å²) in [6.07, 6.45) is -1.12. The molecule has 0 saturated heterocycles. The van der Waals surface area contributed by atoms with E-state index in [1.807, 2.05) is 0 Å². The minimum Gasteiger partial charge on any atom is -0.454 e. The molecule has 1 aliphatic heterocycles. The molecular weight excluding hydrogens is 424 g/mol. The Labute approximate surface area is 171 Å². The Hall–Kier alpha value is -2.82. The van der Waals surface area contributed by atoms with E-state index in [-0.39, 0.29) is 23.9 Å². The van der Waals surface area contributed by atoms with Gasteiger partial charge >= 0.3 is 5.97 Å². The van der Waals surface area contributed by atoms with Crippen LogP contribution in [0.1, 0.15) is 22.8 Å². The zero-order valence-corrected chi connectivity index (χ0v) is 16.7. The number of fused-ring (bicyclic) bond motifs is 1. The molecule has 0 spiro atoms. The molecular formula is C18H17ClN2O7S. The topological polar surface area (TPSA) is 134 Å². The summed E-state index contributed by atoms with van der Waals surface area (Å²) in [7, 11) is -4.12. The Kier molecular flexibility index (Phi) is 5.96. The van der Waals surface area contributed by atoms with Crippen molar-refractivity contribution in [1.29, 1.82) is 0 Å². The summed E-state index contributed by atoms with van der Waals surface area (Å²) in [5, 5.41) is 7.58. The van der Waals surface area contributed by atoms with Crippen LogP contribution in [-0.2, 0) is 26.1 Å². The molecule has 0 aliphatic carbocycles. The average molecular weight is 441 g/mol. The number of halogens is 1. The maximum Gasteiger partial charge on any atom is 0.338 e. The van der Waals surface area contributed by atoms with Crippen molar-refractivity contribution in [3.05, 3.63) is 52.5 Å². The zero-order chi connectivity index (χ0) is 21.2. The molecule has 1 heterocycles. The Morgan fingerprint density at radius 1 is 1.21 bits per heavy atom. The van der Waals surface area contributed by atoms with Crippen LogP contribution in [0.15, 0.2) is 41.3 Å². The molecule has 1 atom stereocenters. The molecule has 0 saturated carbocycles. The number of primary sulfonamides is 1.